The molecule has 0 fully saturated rings. The highest BCUT2D eigenvalue weighted by atomic mass is 35.5. The predicted molar refractivity (Wildman–Crippen MR) is 86.1 cm³/mol. The Morgan fingerprint density at radius 1 is 1.05 bits per heavy atom. The molecule has 0 heterocycles. The molecule has 1 unspecified atom stereocenters. The number of hydrogen-bond acceptors (Lipinski definition) is 1. The van der Waals surface area contributed by atoms with Crippen molar-refractivity contribution in [2.45, 2.75) is 24.6 Å². The van der Waals surface area contributed by atoms with Crippen LogP contribution in [0.3, 0.4) is 0 Å². The molecule has 106 valence electrons. The number of halogens is 2. The monoisotopic (exact) mass is 308 g/mol. The SMILES string of the molecule is COc1ccc(C(Cl)C(C)(C)c2ccccc2)cc1Cl. The van der Waals surface area contributed by atoms with Crippen molar-refractivity contribution < 1.29 is 4.74 Å². The molecule has 0 aliphatic carbocycles. The Bertz CT molecular complexity index is 579. The molecule has 2 aromatic rings. The first-order chi connectivity index (χ1) is 9.46. The predicted octanol–water partition coefficient (Wildman–Crippen LogP) is 5.61. The molecule has 0 amide bonds. The third-order valence-electron chi connectivity index (χ3n) is 3.62. The zero-order valence-electron chi connectivity index (χ0n) is 11.9. The van der Waals surface area contributed by atoms with E-state index in [4.69, 9.17) is 27.9 Å². The van der Waals surface area contributed by atoms with Gasteiger partial charge in [-0.2, -0.15) is 0 Å². The fraction of sp³-hybridized carbons (Fsp3) is 0.294. The van der Waals surface area contributed by atoms with E-state index in [1.54, 1.807) is 7.11 Å². The molecule has 0 spiro atoms. The summed E-state index contributed by atoms with van der Waals surface area (Å²) in [4.78, 5) is 0. The van der Waals surface area contributed by atoms with Crippen LogP contribution in [-0.2, 0) is 5.41 Å². The molecule has 0 radical (unpaired) electrons. The van der Waals surface area contributed by atoms with Crippen LogP contribution in [0.15, 0.2) is 48.5 Å². The van der Waals surface area contributed by atoms with Crippen molar-refractivity contribution in [3.8, 4) is 5.75 Å². The first kappa shape index (κ1) is 15.2. The number of rotatable bonds is 4. The second-order valence-electron chi connectivity index (χ2n) is 5.34. The topological polar surface area (TPSA) is 9.23 Å². The molecule has 0 N–H and O–H groups in total. The van der Waals surface area contributed by atoms with E-state index in [9.17, 15) is 0 Å². The Kier molecular flexibility index (Phi) is 4.62. The van der Waals surface area contributed by atoms with Gasteiger partial charge in [0.15, 0.2) is 0 Å². The summed E-state index contributed by atoms with van der Waals surface area (Å²) in [5.41, 5.74) is 2.00. The van der Waals surface area contributed by atoms with Crippen molar-refractivity contribution >= 4 is 23.2 Å². The van der Waals surface area contributed by atoms with Gasteiger partial charge in [0.1, 0.15) is 5.75 Å². The van der Waals surface area contributed by atoms with Gasteiger partial charge in [-0.25, -0.2) is 0 Å². The molecule has 3 heteroatoms. The van der Waals surface area contributed by atoms with Gasteiger partial charge in [-0.3, -0.25) is 0 Å². The molecule has 0 bridgehead atoms. The minimum Gasteiger partial charge on any atom is -0.495 e. The smallest absolute Gasteiger partial charge is 0.137 e. The van der Waals surface area contributed by atoms with Gasteiger partial charge in [0, 0.05) is 5.41 Å². The molecule has 1 nitrogen and oxygen atoms in total. The van der Waals surface area contributed by atoms with Gasteiger partial charge in [-0.15, -0.1) is 11.6 Å². The fourth-order valence-electron chi connectivity index (χ4n) is 2.27. The number of methoxy groups -OCH3 is 1. The van der Waals surface area contributed by atoms with Gasteiger partial charge in [0.05, 0.1) is 17.5 Å². The normalized spacial score (nSPS) is 13.1. The summed E-state index contributed by atoms with van der Waals surface area (Å²) < 4.78 is 5.17. The lowest BCUT2D eigenvalue weighted by atomic mass is 9.79. The minimum absolute atomic E-state index is 0.173. The fourth-order valence-corrected chi connectivity index (χ4v) is 2.80. The summed E-state index contributed by atoms with van der Waals surface area (Å²) in [5, 5.41) is 0.410. The van der Waals surface area contributed by atoms with Gasteiger partial charge in [-0.1, -0.05) is 61.8 Å². The van der Waals surface area contributed by atoms with Gasteiger partial charge in [0.2, 0.25) is 0 Å². The number of ether oxygens (including phenoxy) is 1. The van der Waals surface area contributed by atoms with Crippen molar-refractivity contribution in [2.24, 2.45) is 0 Å². The Balaban J connectivity index is 2.35. The number of benzene rings is 2. The summed E-state index contributed by atoms with van der Waals surface area (Å²) in [5.74, 6) is 0.664. The zero-order chi connectivity index (χ0) is 14.8. The van der Waals surface area contributed by atoms with Crippen LogP contribution in [0.5, 0.6) is 5.75 Å². The van der Waals surface area contributed by atoms with Crippen LogP contribution < -0.4 is 4.74 Å². The highest BCUT2D eigenvalue weighted by Gasteiger charge is 2.31. The maximum atomic E-state index is 6.70. The summed E-state index contributed by atoms with van der Waals surface area (Å²) in [6.07, 6.45) is 0. The standard InChI is InChI=1S/C17H18Cl2O/c1-17(2,13-7-5-4-6-8-13)16(19)12-9-10-15(20-3)14(18)11-12/h4-11,16H,1-3H3. The lowest BCUT2D eigenvalue weighted by Gasteiger charge is -2.31. The highest BCUT2D eigenvalue weighted by molar-refractivity contribution is 6.32. The molecular formula is C17H18Cl2O. The van der Waals surface area contributed by atoms with Gasteiger partial charge in [0.25, 0.3) is 0 Å². The summed E-state index contributed by atoms with van der Waals surface area (Å²) in [6, 6.07) is 16.0. The van der Waals surface area contributed by atoms with Crippen molar-refractivity contribution in [2.75, 3.05) is 7.11 Å². The molecule has 20 heavy (non-hydrogen) atoms. The van der Waals surface area contributed by atoms with E-state index >= 15 is 0 Å². The highest BCUT2D eigenvalue weighted by Crippen LogP contribution is 2.43. The lowest BCUT2D eigenvalue weighted by molar-refractivity contribution is 0.414. The molecule has 1 atom stereocenters. The summed E-state index contributed by atoms with van der Waals surface area (Å²) >= 11 is 12.9. The average molecular weight is 309 g/mol. The maximum absolute atomic E-state index is 6.70. The average Bonchev–Trinajstić information content (AvgIpc) is 2.47. The van der Waals surface area contributed by atoms with E-state index in [1.807, 2.05) is 36.4 Å². The molecule has 0 aliphatic heterocycles. The molecule has 0 aliphatic rings. The van der Waals surface area contributed by atoms with Crippen LogP contribution in [0.25, 0.3) is 0 Å². The Hall–Kier alpha value is -1.18. The summed E-state index contributed by atoms with van der Waals surface area (Å²) in [6.45, 7) is 4.27. The van der Waals surface area contributed by atoms with E-state index in [1.165, 1.54) is 5.56 Å². The quantitative estimate of drug-likeness (QED) is 0.667. The molecule has 2 aromatic carbocycles. The zero-order valence-corrected chi connectivity index (χ0v) is 13.4. The largest absolute Gasteiger partial charge is 0.495 e. The molecule has 2 rings (SSSR count). The van der Waals surface area contributed by atoms with E-state index < -0.39 is 0 Å². The maximum Gasteiger partial charge on any atom is 0.137 e. The first-order valence-electron chi connectivity index (χ1n) is 6.50. The van der Waals surface area contributed by atoms with Crippen molar-refractivity contribution in [1.29, 1.82) is 0 Å². The van der Waals surface area contributed by atoms with Gasteiger partial charge >= 0.3 is 0 Å². The first-order valence-corrected chi connectivity index (χ1v) is 7.31. The van der Waals surface area contributed by atoms with Crippen LogP contribution in [0, 0.1) is 0 Å². The molecule has 0 saturated heterocycles. The van der Waals surface area contributed by atoms with Crippen LogP contribution in [0.2, 0.25) is 5.02 Å². The van der Waals surface area contributed by atoms with Crippen LogP contribution in [0.1, 0.15) is 30.4 Å². The van der Waals surface area contributed by atoms with Crippen LogP contribution in [-0.4, -0.2) is 7.11 Å². The van der Waals surface area contributed by atoms with Crippen LogP contribution >= 0.6 is 23.2 Å². The number of hydrogen-bond donors (Lipinski definition) is 0. The minimum atomic E-state index is -0.194. The van der Waals surface area contributed by atoms with E-state index in [0.29, 0.717) is 10.8 Å². The Morgan fingerprint density at radius 3 is 2.25 bits per heavy atom. The number of alkyl halides is 1. The van der Waals surface area contributed by atoms with Crippen molar-refractivity contribution in [3.63, 3.8) is 0 Å². The molecular weight excluding hydrogens is 291 g/mol. The third-order valence-corrected chi connectivity index (χ3v) is 4.71. The van der Waals surface area contributed by atoms with Crippen LogP contribution in [0.4, 0.5) is 0 Å². The van der Waals surface area contributed by atoms with Crippen molar-refractivity contribution in [1.82, 2.24) is 0 Å². The second kappa shape index (κ2) is 6.07. The van der Waals surface area contributed by atoms with E-state index in [0.717, 1.165) is 5.56 Å². The lowest BCUT2D eigenvalue weighted by Crippen LogP contribution is -2.23. The van der Waals surface area contributed by atoms with E-state index in [-0.39, 0.29) is 10.8 Å². The Labute approximate surface area is 130 Å². The van der Waals surface area contributed by atoms with Crippen molar-refractivity contribution in [3.05, 3.63) is 64.7 Å². The van der Waals surface area contributed by atoms with Gasteiger partial charge < -0.3 is 4.74 Å². The van der Waals surface area contributed by atoms with Gasteiger partial charge in [-0.05, 0) is 23.3 Å². The molecule has 0 saturated carbocycles. The molecule has 0 aromatic heterocycles. The van der Waals surface area contributed by atoms with E-state index in [2.05, 4.69) is 26.0 Å². The Morgan fingerprint density at radius 2 is 1.70 bits per heavy atom. The summed E-state index contributed by atoms with van der Waals surface area (Å²) in [7, 11) is 1.60. The third kappa shape index (κ3) is 2.94. The second-order valence-corrected chi connectivity index (χ2v) is 6.19.